The molecule has 2 aliphatic rings. The molecular formula is C18H26N2O. The summed E-state index contributed by atoms with van der Waals surface area (Å²) >= 11 is 0. The van der Waals surface area contributed by atoms with Gasteiger partial charge in [-0.05, 0) is 43.6 Å². The zero-order chi connectivity index (χ0) is 14.8. The van der Waals surface area contributed by atoms with Crippen LogP contribution in [-0.4, -0.2) is 29.1 Å². The maximum Gasteiger partial charge on any atom is 0.241 e. The molecule has 0 spiro atoms. The highest BCUT2D eigenvalue weighted by molar-refractivity contribution is 5.85. The molecule has 114 valence electrons. The Kier molecular flexibility index (Phi) is 4.29. The van der Waals surface area contributed by atoms with Crippen molar-refractivity contribution in [3.05, 3.63) is 35.9 Å². The molecule has 1 saturated carbocycles. The predicted octanol–water partition coefficient (Wildman–Crippen LogP) is 2.95. The summed E-state index contributed by atoms with van der Waals surface area (Å²) in [5.41, 5.74) is 1.24. The van der Waals surface area contributed by atoms with Crippen LogP contribution in [0.3, 0.4) is 0 Å². The van der Waals surface area contributed by atoms with Crippen LogP contribution >= 0.6 is 0 Å². The lowest BCUT2D eigenvalue weighted by Crippen LogP contribution is -2.43. The number of hydrogen-bond donors (Lipinski definition) is 1. The van der Waals surface area contributed by atoms with Gasteiger partial charge in [0.05, 0.1) is 12.2 Å². The van der Waals surface area contributed by atoms with Crippen molar-refractivity contribution in [2.24, 2.45) is 5.92 Å². The molecule has 0 bridgehead atoms. The molecule has 2 fully saturated rings. The lowest BCUT2D eigenvalue weighted by Gasteiger charge is -2.29. The first kappa shape index (κ1) is 14.6. The minimum atomic E-state index is -0.0479. The van der Waals surface area contributed by atoms with Crippen molar-refractivity contribution in [2.45, 2.75) is 64.2 Å². The van der Waals surface area contributed by atoms with Crippen LogP contribution in [0.4, 0.5) is 0 Å². The molecule has 1 aromatic carbocycles. The zero-order valence-electron chi connectivity index (χ0n) is 13.1. The molecule has 1 heterocycles. The lowest BCUT2D eigenvalue weighted by atomic mass is 10.1. The Morgan fingerprint density at radius 3 is 2.62 bits per heavy atom. The van der Waals surface area contributed by atoms with Gasteiger partial charge in [-0.15, -0.1) is 0 Å². The van der Waals surface area contributed by atoms with Crippen LogP contribution in [0.15, 0.2) is 30.3 Å². The van der Waals surface area contributed by atoms with Gasteiger partial charge in [-0.1, -0.05) is 44.2 Å². The zero-order valence-corrected chi connectivity index (χ0v) is 13.1. The number of nitrogens with one attached hydrogen (secondary N) is 1. The minimum absolute atomic E-state index is 0.0479. The first-order valence-electron chi connectivity index (χ1n) is 8.31. The monoisotopic (exact) mass is 286 g/mol. The van der Waals surface area contributed by atoms with Gasteiger partial charge < -0.3 is 4.90 Å². The third-order valence-electron chi connectivity index (χ3n) is 5.01. The van der Waals surface area contributed by atoms with Crippen molar-refractivity contribution in [3.63, 3.8) is 0 Å². The number of carbonyl (C=O) groups is 1. The van der Waals surface area contributed by atoms with Crippen molar-refractivity contribution in [2.75, 3.05) is 0 Å². The maximum absolute atomic E-state index is 12.8. The topological polar surface area (TPSA) is 32.3 Å². The fraction of sp³-hybridized carbons (Fsp3) is 0.611. The molecule has 4 atom stereocenters. The minimum Gasteiger partial charge on any atom is -0.323 e. The van der Waals surface area contributed by atoms with E-state index in [2.05, 4.69) is 36.2 Å². The molecule has 1 aromatic rings. The first-order valence-corrected chi connectivity index (χ1v) is 8.31. The summed E-state index contributed by atoms with van der Waals surface area (Å²) in [7, 11) is 0. The Morgan fingerprint density at radius 1 is 1.24 bits per heavy atom. The molecule has 21 heavy (non-hydrogen) atoms. The van der Waals surface area contributed by atoms with E-state index in [1.165, 1.54) is 24.8 Å². The molecule has 1 aliphatic carbocycles. The van der Waals surface area contributed by atoms with E-state index in [4.69, 9.17) is 0 Å². The summed E-state index contributed by atoms with van der Waals surface area (Å²) in [6.45, 7) is 4.47. The number of hydrogen-bond acceptors (Lipinski definition) is 2. The fourth-order valence-electron chi connectivity index (χ4n) is 3.89. The number of carbonyl (C=O) groups excluding carboxylic acids is 1. The largest absolute Gasteiger partial charge is 0.323 e. The molecule has 1 amide bonds. The summed E-state index contributed by atoms with van der Waals surface area (Å²) < 4.78 is 0. The number of nitrogens with zero attached hydrogens (tertiary/aromatic N) is 1. The van der Waals surface area contributed by atoms with Crippen molar-refractivity contribution in [1.82, 2.24) is 10.2 Å². The highest BCUT2D eigenvalue weighted by atomic mass is 16.2. The number of benzene rings is 1. The normalized spacial score (nSPS) is 32.9. The third kappa shape index (κ3) is 2.98. The van der Waals surface area contributed by atoms with E-state index in [1.807, 2.05) is 18.2 Å². The molecule has 0 aromatic heterocycles. The summed E-state index contributed by atoms with van der Waals surface area (Å²) in [5.74, 6) is 1.07. The SMILES string of the molecule is CCC1NC(Cc2ccccc2)C(=O)N1C1CCC(C)C1. The van der Waals surface area contributed by atoms with E-state index in [0.29, 0.717) is 11.9 Å². The molecule has 1 N–H and O–H groups in total. The van der Waals surface area contributed by atoms with Gasteiger partial charge in [0.25, 0.3) is 0 Å². The van der Waals surface area contributed by atoms with Crippen LogP contribution in [0, 0.1) is 5.92 Å². The molecule has 3 heteroatoms. The Morgan fingerprint density at radius 2 is 2.00 bits per heavy atom. The van der Waals surface area contributed by atoms with Crippen LogP contribution in [-0.2, 0) is 11.2 Å². The van der Waals surface area contributed by atoms with E-state index < -0.39 is 0 Å². The van der Waals surface area contributed by atoms with E-state index >= 15 is 0 Å². The van der Waals surface area contributed by atoms with Crippen molar-refractivity contribution in [1.29, 1.82) is 0 Å². The van der Waals surface area contributed by atoms with Gasteiger partial charge in [0.15, 0.2) is 0 Å². The Bertz CT molecular complexity index is 487. The van der Waals surface area contributed by atoms with Gasteiger partial charge in [-0.25, -0.2) is 0 Å². The van der Waals surface area contributed by atoms with Gasteiger partial charge in [-0.2, -0.15) is 0 Å². The smallest absolute Gasteiger partial charge is 0.241 e. The second-order valence-electron chi connectivity index (χ2n) is 6.65. The van der Waals surface area contributed by atoms with Crippen LogP contribution in [0.25, 0.3) is 0 Å². The predicted molar refractivity (Wildman–Crippen MR) is 84.8 cm³/mol. The Balaban J connectivity index is 1.72. The summed E-state index contributed by atoms with van der Waals surface area (Å²) in [4.78, 5) is 15.0. The van der Waals surface area contributed by atoms with E-state index in [0.717, 1.165) is 18.8 Å². The molecule has 3 nitrogen and oxygen atoms in total. The quantitative estimate of drug-likeness (QED) is 0.923. The van der Waals surface area contributed by atoms with E-state index in [1.54, 1.807) is 0 Å². The van der Waals surface area contributed by atoms with E-state index in [-0.39, 0.29) is 12.2 Å². The molecule has 1 aliphatic heterocycles. The standard InChI is InChI=1S/C18H26N2O/c1-3-17-19-16(12-14-7-5-4-6-8-14)18(21)20(17)15-10-9-13(2)11-15/h4-8,13,15-17,19H,3,9-12H2,1-2H3. The van der Waals surface area contributed by atoms with Gasteiger partial charge >= 0.3 is 0 Å². The van der Waals surface area contributed by atoms with Crippen LogP contribution in [0.1, 0.15) is 45.1 Å². The Labute approximate surface area is 127 Å². The fourth-order valence-corrected chi connectivity index (χ4v) is 3.89. The highest BCUT2D eigenvalue weighted by Gasteiger charge is 2.43. The summed E-state index contributed by atoms with van der Waals surface area (Å²) in [6.07, 6.45) is 5.61. The van der Waals surface area contributed by atoms with Crippen LogP contribution in [0.2, 0.25) is 0 Å². The van der Waals surface area contributed by atoms with Crippen molar-refractivity contribution in [3.8, 4) is 0 Å². The van der Waals surface area contributed by atoms with Gasteiger partial charge in [0.1, 0.15) is 0 Å². The van der Waals surface area contributed by atoms with Crippen molar-refractivity contribution < 1.29 is 4.79 Å². The van der Waals surface area contributed by atoms with Crippen molar-refractivity contribution >= 4 is 5.91 Å². The Hall–Kier alpha value is -1.35. The second kappa shape index (κ2) is 6.18. The van der Waals surface area contributed by atoms with Gasteiger partial charge in [0.2, 0.25) is 5.91 Å². The number of rotatable bonds is 4. The lowest BCUT2D eigenvalue weighted by molar-refractivity contribution is -0.132. The van der Waals surface area contributed by atoms with Gasteiger partial charge in [-0.3, -0.25) is 10.1 Å². The molecule has 1 saturated heterocycles. The van der Waals surface area contributed by atoms with E-state index in [9.17, 15) is 4.79 Å². The average Bonchev–Trinajstić information content (AvgIpc) is 3.04. The second-order valence-corrected chi connectivity index (χ2v) is 6.65. The molecule has 0 radical (unpaired) electrons. The summed E-state index contributed by atoms with van der Waals surface area (Å²) in [6, 6.07) is 10.7. The number of amides is 1. The first-order chi connectivity index (χ1) is 10.2. The van der Waals surface area contributed by atoms with Gasteiger partial charge in [0, 0.05) is 6.04 Å². The average molecular weight is 286 g/mol. The highest BCUT2D eigenvalue weighted by Crippen LogP contribution is 2.32. The maximum atomic E-state index is 12.8. The third-order valence-corrected chi connectivity index (χ3v) is 5.01. The molecule has 4 unspecified atom stereocenters. The molecule has 3 rings (SSSR count). The van der Waals surface area contributed by atoms with Crippen LogP contribution in [0.5, 0.6) is 0 Å². The van der Waals surface area contributed by atoms with Crippen LogP contribution < -0.4 is 5.32 Å². The summed E-state index contributed by atoms with van der Waals surface area (Å²) in [5, 5.41) is 3.56. The molecular weight excluding hydrogens is 260 g/mol.